The summed E-state index contributed by atoms with van der Waals surface area (Å²) in [7, 11) is 0. The van der Waals surface area contributed by atoms with Crippen molar-refractivity contribution < 1.29 is 9.59 Å². The van der Waals surface area contributed by atoms with Crippen molar-refractivity contribution in [1.29, 1.82) is 0 Å². The van der Waals surface area contributed by atoms with E-state index in [0.717, 1.165) is 32.7 Å². The molecule has 0 spiro atoms. The maximum atomic E-state index is 13.7. The molecule has 4 aromatic rings. The van der Waals surface area contributed by atoms with Gasteiger partial charge in [-0.05, 0) is 71.4 Å². The average Bonchev–Trinajstić information content (AvgIpc) is 3.37. The van der Waals surface area contributed by atoms with Crippen LogP contribution in [-0.2, 0) is 16.1 Å². The fraction of sp³-hybridized carbons (Fsp3) is 0.292. The van der Waals surface area contributed by atoms with Crippen LogP contribution in [-0.4, -0.2) is 48.3 Å². The first-order valence-electron chi connectivity index (χ1n) is 11.2. The number of nitrogens with two attached hydrogens (primary N) is 1. The first kappa shape index (κ1) is 22.4. The Kier molecular flexibility index (Phi) is 5.29. The monoisotopic (exact) mass is 597 g/mol. The second kappa shape index (κ2) is 8.27. The molecule has 178 valence electrons. The summed E-state index contributed by atoms with van der Waals surface area (Å²) in [5.41, 5.74) is 8.70. The number of carbonyl (C=O) groups excluding carboxylic acids is 2. The lowest BCUT2D eigenvalue weighted by Crippen LogP contribution is -2.46. The minimum Gasteiger partial charge on any atom is -0.383 e. The number of hydrogen-bond acceptors (Lipinski definition) is 6. The molecule has 6 rings (SSSR count). The predicted octanol–water partition coefficient (Wildman–Crippen LogP) is 4.02. The summed E-state index contributed by atoms with van der Waals surface area (Å²) in [4.78, 5) is 41.5. The zero-order chi connectivity index (χ0) is 24.4. The van der Waals surface area contributed by atoms with Crippen LogP contribution in [0.4, 0.5) is 11.6 Å². The van der Waals surface area contributed by atoms with E-state index in [1.165, 1.54) is 6.33 Å². The van der Waals surface area contributed by atoms with Gasteiger partial charge in [0.15, 0.2) is 0 Å². The molecule has 3 N–H and O–H groups in total. The normalized spacial score (nSPS) is 20.9. The molecule has 1 saturated heterocycles. The largest absolute Gasteiger partial charge is 0.383 e. The van der Waals surface area contributed by atoms with Crippen molar-refractivity contribution in [3.05, 3.63) is 51.3 Å². The van der Waals surface area contributed by atoms with E-state index in [-0.39, 0.29) is 24.4 Å². The Morgan fingerprint density at radius 2 is 2.03 bits per heavy atom. The van der Waals surface area contributed by atoms with Gasteiger partial charge in [-0.3, -0.25) is 9.59 Å². The SMILES string of the molecule is Cc1cc2c(cc1Br)c1c(N)ncnc1n2CC(=O)N1C2C[C@@H]2C[C@H]1C(=O)Nc1cccc(Br)n1. The number of aromatic nitrogens is 4. The van der Waals surface area contributed by atoms with E-state index in [1.807, 2.05) is 23.6 Å². The number of benzene rings is 1. The van der Waals surface area contributed by atoms with Crippen molar-refractivity contribution >= 4 is 77.2 Å². The highest BCUT2D eigenvalue weighted by atomic mass is 79.9. The number of nitrogen functional groups attached to an aromatic ring is 1. The van der Waals surface area contributed by atoms with Crippen molar-refractivity contribution in [1.82, 2.24) is 24.4 Å². The third kappa shape index (κ3) is 3.77. The Balaban J connectivity index is 1.34. The molecule has 0 radical (unpaired) electrons. The van der Waals surface area contributed by atoms with E-state index in [0.29, 0.717) is 34.2 Å². The molecule has 2 fully saturated rings. The van der Waals surface area contributed by atoms with E-state index in [9.17, 15) is 9.59 Å². The van der Waals surface area contributed by atoms with Gasteiger partial charge in [-0.2, -0.15) is 0 Å². The fourth-order valence-corrected chi connectivity index (χ4v) is 5.86. The Morgan fingerprint density at radius 1 is 1.20 bits per heavy atom. The van der Waals surface area contributed by atoms with Gasteiger partial charge in [0.05, 0.1) is 10.9 Å². The number of piperidine rings is 1. The maximum Gasteiger partial charge on any atom is 0.248 e. The number of anilines is 2. The number of fused-ring (bicyclic) bond motifs is 4. The van der Waals surface area contributed by atoms with E-state index in [4.69, 9.17) is 5.73 Å². The Labute approximate surface area is 217 Å². The number of likely N-dealkylation sites (tertiary alicyclic amines) is 1. The number of rotatable bonds is 4. The van der Waals surface area contributed by atoms with E-state index >= 15 is 0 Å². The number of halogens is 2. The van der Waals surface area contributed by atoms with Crippen LogP contribution in [0.5, 0.6) is 0 Å². The molecule has 35 heavy (non-hydrogen) atoms. The van der Waals surface area contributed by atoms with Crippen molar-refractivity contribution in [3.63, 3.8) is 0 Å². The molecule has 2 amide bonds. The van der Waals surface area contributed by atoms with Crippen LogP contribution in [0.1, 0.15) is 18.4 Å². The lowest BCUT2D eigenvalue weighted by atomic mass is 10.1. The third-order valence-corrected chi connectivity index (χ3v) is 8.20. The van der Waals surface area contributed by atoms with E-state index in [2.05, 4.69) is 52.1 Å². The Hall–Kier alpha value is -3.05. The van der Waals surface area contributed by atoms with Crippen molar-refractivity contribution in [2.75, 3.05) is 11.1 Å². The number of aryl methyl sites for hydroxylation is 1. The molecule has 1 unspecified atom stereocenters. The molecule has 1 aliphatic heterocycles. The minimum absolute atomic E-state index is 0.0552. The lowest BCUT2D eigenvalue weighted by molar-refractivity contribution is -0.138. The van der Waals surface area contributed by atoms with Gasteiger partial charge in [0.2, 0.25) is 11.8 Å². The first-order chi connectivity index (χ1) is 16.8. The number of hydrogen-bond donors (Lipinski definition) is 2. The number of pyridine rings is 1. The molecule has 9 nitrogen and oxygen atoms in total. The van der Waals surface area contributed by atoms with Gasteiger partial charge < -0.3 is 20.5 Å². The Morgan fingerprint density at radius 3 is 2.83 bits per heavy atom. The van der Waals surface area contributed by atoms with Gasteiger partial charge in [0.1, 0.15) is 40.8 Å². The molecule has 0 bridgehead atoms. The van der Waals surface area contributed by atoms with Crippen LogP contribution >= 0.6 is 31.9 Å². The molecule has 2 aliphatic rings. The number of amides is 2. The summed E-state index contributed by atoms with van der Waals surface area (Å²) >= 11 is 6.91. The van der Waals surface area contributed by atoms with Crippen LogP contribution in [0.3, 0.4) is 0 Å². The summed E-state index contributed by atoms with van der Waals surface area (Å²) in [6, 6.07) is 8.89. The zero-order valence-electron chi connectivity index (χ0n) is 18.7. The second-order valence-electron chi connectivity index (χ2n) is 9.11. The summed E-state index contributed by atoms with van der Waals surface area (Å²) in [5.74, 6) is 0.843. The fourth-order valence-electron chi connectivity index (χ4n) is 5.17. The smallest absolute Gasteiger partial charge is 0.248 e. The third-order valence-electron chi connectivity index (χ3n) is 6.90. The van der Waals surface area contributed by atoms with Gasteiger partial charge in [0, 0.05) is 15.9 Å². The van der Waals surface area contributed by atoms with Crippen LogP contribution in [0.15, 0.2) is 45.7 Å². The van der Waals surface area contributed by atoms with Crippen molar-refractivity contribution in [2.24, 2.45) is 5.92 Å². The minimum atomic E-state index is -0.532. The summed E-state index contributed by atoms with van der Waals surface area (Å²) in [5, 5.41) is 4.46. The van der Waals surface area contributed by atoms with Gasteiger partial charge in [-0.15, -0.1) is 0 Å². The Bertz CT molecular complexity index is 1540. The molecule has 3 aromatic heterocycles. The molecule has 1 aliphatic carbocycles. The summed E-state index contributed by atoms with van der Waals surface area (Å²) < 4.78 is 3.45. The van der Waals surface area contributed by atoms with Gasteiger partial charge in [-0.25, -0.2) is 15.0 Å². The highest BCUT2D eigenvalue weighted by molar-refractivity contribution is 9.10. The topological polar surface area (TPSA) is 119 Å². The molecular formula is C24H21Br2N7O2. The average molecular weight is 599 g/mol. The molecular weight excluding hydrogens is 578 g/mol. The molecule has 1 saturated carbocycles. The second-order valence-corrected chi connectivity index (χ2v) is 10.8. The summed E-state index contributed by atoms with van der Waals surface area (Å²) in [6.45, 7) is 2.05. The predicted molar refractivity (Wildman–Crippen MR) is 140 cm³/mol. The molecule has 4 heterocycles. The van der Waals surface area contributed by atoms with Crippen LogP contribution < -0.4 is 11.1 Å². The van der Waals surface area contributed by atoms with Crippen molar-refractivity contribution in [2.45, 2.75) is 38.4 Å². The number of nitrogens with zero attached hydrogens (tertiary/aromatic N) is 5. The maximum absolute atomic E-state index is 13.7. The van der Waals surface area contributed by atoms with Crippen LogP contribution in [0.25, 0.3) is 21.9 Å². The number of carbonyl (C=O) groups is 2. The van der Waals surface area contributed by atoms with Crippen molar-refractivity contribution in [3.8, 4) is 0 Å². The summed E-state index contributed by atoms with van der Waals surface area (Å²) in [6.07, 6.45) is 3.00. The van der Waals surface area contributed by atoms with Gasteiger partial charge in [-0.1, -0.05) is 22.0 Å². The van der Waals surface area contributed by atoms with Gasteiger partial charge in [0.25, 0.3) is 0 Å². The number of nitrogens with one attached hydrogen (secondary N) is 1. The standard InChI is InChI=1S/C24H21Br2N7O2/c1-11-5-16-13(8-14(11)25)21-22(27)28-10-29-23(21)32(16)9-20(34)33-15-6-12(15)7-17(33)24(35)31-19-4-2-3-18(26)30-19/h2-5,8,10,12,15,17H,6-7,9H2,1H3,(H2,27,28,29)(H,30,31,35)/t12-,15?,17+/m1/s1. The lowest BCUT2D eigenvalue weighted by Gasteiger charge is -2.27. The van der Waals surface area contributed by atoms with Crippen LogP contribution in [0, 0.1) is 12.8 Å². The molecule has 11 heteroatoms. The zero-order valence-corrected chi connectivity index (χ0v) is 21.9. The molecule has 3 atom stereocenters. The first-order valence-corrected chi connectivity index (χ1v) is 12.8. The van der Waals surface area contributed by atoms with Crippen LogP contribution in [0.2, 0.25) is 0 Å². The highest BCUT2D eigenvalue weighted by Crippen LogP contribution is 2.48. The van der Waals surface area contributed by atoms with E-state index in [1.54, 1.807) is 23.1 Å². The van der Waals surface area contributed by atoms with Gasteiger partial charge >= 0.3 is 0 Å². The van der Waals surface area contributed by atoms with E-state index < -0.39 is 6.04 Å². The molecule has 1 aromatic carbocycles. The quantitative estimate of drug-likeness (QED) is 0.342. The highest BCUT2D eigenvalue weighted by Gasteiger charge is 2.56.